The van der Waals surface area contributed by atoms with Gasteiger partial charge in [-0.1, -0.05) is 23.9 Å². The van der Waals surface area contributed by atoms with Gasteiger partial charge in [-0.15, -0.1) is 0 Å². The number of thioether (sulfide) groups is 1. The van der Waals surface area contributed by atoms with Crippen LogP contribution in [-0.2, 0) is 11.2 Å². The molecule has 0 spiro atoms. The van der Waals surface area contributed by atoms with Gasteiger partial charge in [0.05, 0.1) is 5.56 Å². The molecular weight excluding hydrogens is 303 g/mol. The van der Waals surface area contributed by atoms with Crippen LogP contribution in [0.25, 0.3) is 0 Å². The first-order valence-electron chi connectivity index (χ1n) is 5.84. The van der Waals surface area contributed by atoms with Gasteiger partial charge >= 0.3 is 6.18 Å². The van der Waals surface area contributed by atoms with E-state index < -0.39 is 16.7 Å². The van der Waals surface area contributed by atoms with Crippen LogP contribution in [0.15, 0.2) is 35.6 Å². The molecule has 0 fully saturated rings. The monoisotopic (exact) mass is 313 g/mol. The summed E-state index contributed by atoms with van der Waals surface area (Å²) in [6.45, 7) is 0. The second-order valence-corrected chi connectivity index (χ2v) is 5.71. The molecule has 5 N–H and O–H groups in total. The molecule has 1 aliphatic rings. The van der Waals surface area contributed by atoms with E-state index in [9.17, 15) is 13.2 Å². The van der Waals surface area contributed by atoms with Crippen LogP contribution in [0.1, 0.15) is 11.1 Å². The summed E-state index contributed by atoms with van der Waals surface area (Å²) in [6, 6.07) is 4.64. The third-order valence-electron chi connectivity index (χ3n) is 3.05. The number of nitrogen functional groups attached to an aromatic ring is 1. The summed E-state index contributed by atoms with van der Waals surface area (Å²) >= 11 is 1.17. The summed E-state index contributed by atoms with van der Waals surface area (Å²) in [7, 11) is 0. The van der Waals surface area contributed by atoms with E-state index in [1.54, 1.807) is 0 Å². The first-order chi connectivity index (χ1) is 9.79. The Labute approximate surface area is 122 Å². The van der Waals surface area contributed by atoms with Crippen molar-refractivity contribution >= 4 is 23.3 Å². The van der Waals surface area contributed by atoms with E-state index in [0.29, 0.717) is 16.3 Å². The zero-order chi connectivity index (χ0) is 15.3. The van der Waals surface area contributed by atoms with Crippen molar-refractivity contribution in [3.63, 3.8) is 0 Å². The molecule has 0 saturated heterocycles. The molecule has 21 heavy (non-hydrogen) atoms. The molecule has 2 aromatic rings. The average Bonchev–Trinajstić information content (AvgIpc) is 2.78. The maximum Gasteiger partial charge on any atom is 0.416 e. The Morgan fingerprint density at radius 3 is 2.38 bits per heavy atom. The van der Waals surface area contributed by atoms with E-state index >= 15 is 0 Å². The first kappa shape index (κ1) is 14.0. The zero-order valence-electron chi connectivity index (χ0n) is 10.5. The summed E-state index contributed by atoms with van der Waals surface area (Å²) in [6.07, 6.45) is -3.07. The number of fused-ring (bicyclic) bond motifs is 1. The van der Waals surface area contributed by atoms with Crippen LogP contribution in [-0.4, -0.2) is 9.97 Å². The highest BCUT2D eigenvalue weighted by Crippen LogP contribution is 2.48. The van der Waals surface area contributed by atoms with E-state index in [1.807, 2.05) is 0 Å². The molecular formula is C12H10F3N5S. The van der Waals surface area contributed by atoms with E-state index in [2.05, 4.69) is 15.3 Å². The van der Waals surface area contributed by atoms with Gasteiger partial charge in [0.15, 0.2) is 10.8 Å². The Morgan fingerprint density at radius 2 is 1.81 bits per heavy atom. The standard InChI is InChI=1S/C12H10F3N5S/c13-11(14,15)6-1-3-7(4-2-6)12(17)20-8-9(16)18-5-19-10(8)21-12/h1-5,20H,17H2,(H2,16,18,19). The fourth-order valence-corrected chi connectivity index (χ4v) is 3.05. The number of rotatable bonds is 1. The van der Waals surface area contributed by atoms with Crippen LogP contribution in [0.4, 0.5) is 24.7 Å². The van der Waals surface area contributed by atoms with Crippen LogP contribution < -0.4 is 16.8 Å². The second kappa shape index (κ2) is 4.50. The van der Waals surface area contributed by atoms with Gasteiger partial charge in [-0.05, 0) is 12.1 Å². The van der Waals surface area contributed by atoms with Gasteiger partial charge < -0.3 is 11.1 Å². The smallest absolute Gasteiger partial charge is 0.382 e. The Morgan fingerprint density at radius 1 is 1.14 bits per heavy atom. The van der Waals surface area contributed by atoms with Crippen LogP contribution in [0.5, 0.6) is 0 Å². The molecule has 0 bridgehead atoms. The molecule has 0 radical (unpaired) electrons. The van der Waals surface area contributed by atoms with Crippen molar-refractivity contribution in [3.8, 4) is 0 Å². The van der Waals surface area contributed by atoms with Gasteiger partial charge in [0.1, 0.15) is 17.0 Å². The molecule has 2 heterocycles. The summed E-state index contributed by atoms with van der Waals surface area (Å²) in [5.41, 5.74) is 12.2. The third kappa shape index (κ3) is 2.38. The number of anilines is 2. The van der Waals surface area contributed by atoms with E-state index in [0.717, 1.165) is 12.1 Å². The van der Waals surface area contributed by atoms with Crippen molar-refractivity contribution in [3.05, 3.63) is 41.7 Å². The maximum atomic E-state index is 12.6. The molecule has 0 saturated carbocycles. The van der Waals surface area contributed by atoms with Crippen molar-refractivity contribution in [2.45, 2.75) is 16.2 Å². The van der Waals surface area contributed by atoms with Gasteiger partial charge in [0.2, 0.25) is 0 Å². The van der Waals surface area contributed by atoms with Crippen molar-refractivity contribution in [2.75, 3.05) is 11.1 Å². The average molecular weight is 313 g/mol. The van der Waals surface area contributed by atoms with Gasteiger partial charge in [0, 0.05) is 5.56 Å². The molecule has 0 aliphatic carbocycles. The highest BCUT2D eigenvalue weighted by molar-refractivity contribution is 8.00. The lowest BCUT2D eigenvalue weighted by Gasteiger charge is -2.24. The summed E-state index contributed by atoms with van der Waals surface area (Å²) in [4.78, 5) is 6.76. The number of alkyl halides is 3. The minimum Gasteiger partial charge on any atom is -0.382 e. The Balaban J connectivity index is 1.94. The minimum absolute atomic E-state index is 0.242. The number of aromatic nitrogens is 2. The topological polar surface area (TPSA) is 89.8 Å². The second-order valence-electron chi connectivity index (χ2n) is 4.48. The Hall–Kier alpha value is -2.00. The highest BCUT2D eigenvalue weighted by atomic mass is 32.2. The Bertz CT molecular complexity index is 688. The molecule has 9 heteroatoms. The highest BCUT2D eigenvalue weighted by Gasteiger charge is 2.39. The molecule has 1 aromatic heterocycles. The third-order valence-corrected chi connectivity index (χ3v) is 4.21. The number of nitrogens with zero attached hydrogens (tertiary/aromatic N) is 2. The fourth-order valence-electron chi connectivity index (χ4n) is 1.98. The fraction of sp³-hybridized carbons (Fsp3) is 0.167. The number of halogens is 3. The number of benzene rings is 1. The van der Waals surface area contributed by atoms with Crippen molar-refractivity contribution in [2.24, 2.45) is 5.73 Å². The number of nitrogens with one attached hydrogen (secondary N) is 1. The summed E-state index contributed by atoms with van der Waals surface area (Å²) < 4.78 is 37.7. The molecule has 5 nitrogen and oxygen atoms in total. The lowest BCUT2D eigenvalue weighted by Crippen LogP contribution is -2.38. The Kier molecular flexibility index (Phi) is 2.99. The zero-order valence-corrected chi connectivity index (χ0v) is 11.3. The number of hydrogen-bond acceptors (Lipinski definition) is 6. The van der Waals surface area contributed by atoms with Crippen LogP contribution in [0, 0.1) is 0 Å². The number of nitrogens with two attached hydrogens (primary N) is 2. The number of hydrogen-bond donors (Lipinski definition) is 3. The van der Waals surface area contributed by atoms with E-state index in [4.69, 9.17) is 11.5 Å². The largest absolute Gasteiger partial charge is 0.416 e. The molecule has 1 aliphatic heterocycles. The van der Waals surface area contributed by atoms with Crippen LogP contribution >= 0.6 is 11.8 Å². The van der Waals surface area contributed by atoms with Crippen LogP contribution in [0.3, 0.4) is 0 Å². The van der Waals surface area contributed by atoms with E-state index in [1.165, 1.54) is 30.2 Å². The molecule has 0 amide bonds. The minimum atomic E-state index is -4.38. The SMILES string of the molecule is Nc1ncnc2c1NC(N)(c1ccc(C(F)(F)F)cc1)S2. The quantitative estimate of drug-likeness (QED) is 0.700. The van der Waals surface area contributed by atoms with E-state index in [-0.39, 0.29) is 5.82 Å². The predicted octanol–water partition coefficient (Wildman–Crippen LogP) is 2.36. The predicted molar refractivity (Wildman–Crippen MR) is 73.2 cm³/mol. The van der Waals surface area contributed by atoms with Gasteiger partial charge in [-0.25, -0.2) is 9.97 Å². The molecule has 1 aromatic carbocycles. The maximum absolute atomic E-state index is 12.6. The van der Waals surface area contributed by atoms with Gasteiger partial charge in [-0.2, -0.15) is 13.2 Å². The molecule has 1 atom stereocenters. The normalized spacial score (nSPS) is 21.0. The lowest BCUT2D eigenvalue weighted by molar-refractivity contribution is -0.137. The van der Waals surface area contributed by atoms with Gasteiger partial charge in [0.25, 0.3) is 0 Å². The summed E-state index contributed by atoms with van der Waals surface area (Å²) in [5.74, 6) is 0.242. The van der Waals surface area contributed by atoms with Crippen molar-refractivity contribution < 1.29 is 13.2 Å². The summed E-state index contributed by atoms with van der Waals surface area (Å²) in [5, 5.41) is 3.52. The molecule has 1 unspecified atom stereocenters. The van der Waals surface area contributed by atoms with Gasteiger partial charge in [-0.3, -0.25) is 5.73 Å². The van der Waals surface area contributed by atoms with Crippen molar-refractivity contribution in [1.29, 1.82) is 0 Å². The molecule has 3 rings (SSSR count). The molecule has 110 valence electrons. The van der Waals surface area contributed by atoms with Crippen LogP contribution in [0.2, 0.25) is 0 Å². The lowest BCUT2D eigenvalue weighted by atomic mass is 10.1. The first-order valence-corrected chi connectivity index (χ1v) is 6.65. The van der Waals surface area contributed by atoms with Crippen molar-refractivity contribution in [1.82, 2.24) is 9.97 Å².